The molecule has 0 aliphatic carbocycles. The summed E-state index contributed by atoms with van der Waals surface area (Å²) in [4.78, 5) is 11.7. The number of carbonyl (C=O) groups excluding carboxylic acids is 1. The molecule has 0 fully saturated rings. The van der Waals surface area contributed by atoms with E-state index >= 15 is 0 Å². The number of rotatable bonds is 8. The fraction of sp³-hybridized carbons (Fsp3) is 0.533. The Morgan fingerprint density at radius 1 is 1.17 bits per heavy atom. The van der Waals surface area contributed by atoms with Crippen LogP contribution in [-0.2, 0) is 4.79 Å². The summed E-state index contributed by atoms with van der Waals surface area (Å²) in [6.07, 6.45) is 4.90. The minimum absolute atomic E-state index is 0.0276. The van der Waals surface area contributed by atoms with Gasteiger partial charge in [-0.15, -0.1) is 0 Å². The molecule has 0 saturated carbocycles. The second-order valence-corrected chi connectivity index (χ2v) is 4.60. The molecule has 0 unspecified atom stereocenters. The Balaban J connectivity index is 2.16. The average molecular weight is 248 g/mol. The smallest absolute Gasteiger partial charge is 0.238 e. The van der Waals surface area contributed by atoms with Gasteiger partial charge in [-0.2, -0.15) is 0 Å². The minimum atomic E-state index is 0.0276. The van der Waals surface area contributed by atoms with E-state index in [1.54, 1.807) is 0 Å². The Labute approximate surface area is 110 Å². The number of benzene rings is 1. The highest BCUT2D eigenvalue weighted by molar-refractivity contribution is 5.92. The van der Waals surface area contributed by atoms with Gasteiger partial charge in [0.1, 0.15) is 0 Å². The number of hydrogen-bond donors (Lipinski definition) is 2. The molecule has 0 heterocycles. The van der Waals surface area contributed by atoms with Gasteiger partial charge in [-0.05, 0) is 31.5 Å². The predicted octanol–water partition coefficient (Wildman–Crippen LogP) is 3.10. The predicted molar refractivity (Wildman–Crippen MR) is 76.8 cm³/mol. The average Bonchev–Trinajstić information content (AvgIpc) is 2.36. The Bertz CT molecular complexity index is 363. The first-order valence-electron chi connectivity index (χ1n) is 6.80. The van der Waals surface area contributed by atoms with Crippen LogP contribution in [0.4, 0.5) is 5.69 Å². The Morgan fingerprint density at radius 3 is 2.67 bits per heavy atom. The Morgan fingerprint density at radius 2 is 1.94 bits per heavy atom. The van der Waals surface area contributed by atoms with Crippen molar-refractivity contribution in [2.75, 3.05) is 18.4 Å². The summed E-state index contributed by atoms with van der Waals surface area (Å²) in [5.41, 5.74) is 1.99. The zero-order chi connectivity index (χ0) is 13.2. The van der Waals surface area contributed by atoms with Crippen LogP contribution in [0.1, 0.15) is 38.2 Å². The summed E-state index contributed by atoms with van der Waals surface area (Å²) in [5, 5.41) is 6.08. The lowest BCUT2D eigenvalue weighted by Crippen LogP contribution is -2.28. The first kappa shape index (κ1) is 14.7. The van der Waals surface area contributed by atoms with E-state index in [1.807, 2.05) is 31.2 Å². The number of unbranched alkanes of at least 4 members (excludes halogenated alkanes) is 3. The molecule has 0 atom stereocenters. The van der Waals surface area contributed by atoms with E-state index in [4.69, 9.17) is 0 Å². The quantitative estimate of drug-likeness (QED) is 0.694. The molecule has 2 N–H and O–H groups in total. The summed E-state index contributed by atoms with van der Waals surface area (Å²) >= 11 is 0. The van der Waals surface area contributed by atoms with Crippen molar-refractivity contribution in [1.29, 1.82) is 0 Å². The highest BCUT2D eigenvalue weighted by Crippen LogP contribution is 2.12. The van der Waals surface area contributed by atoms with Crippen LogP contribution in [0.15, 0.2) is 24.3 Å². The van der Waals surface area contributed by atoms with Gasteiger partial charge in [-0.3, -0.25) is 4.79 Å². The van der Waals surface area contributed by atoms with Crippen molar-refractivity contribution in [1.82, 2.24) is 5.32 Å². The number of aryl methyl sites for hydroxylation is 1. The number of carbonyl (C=O) groups is 1. The molecule has 0 spiro atoms. The lowest BCUT2D eigenvalue weighted by Gasteiger charge is -2.08. The van der Waals surface area contributed by atoms with E-state index in [0.29, 0.717) is 6.54 Å². The van der Waals surface area contributed by atoms with Gasteiger partial charge < -0.3 is 10.6 Å². The van der Waals surface area contributed by atoms with E-state index in [1.165, 1.54) is 19.3 Å². The van der Waals surface area contributed by atoms with Crippen molar-refractivity contribution in [3.8, 4) is 0 Å². The topological polar surface area (TPSA) is 41.1 Å². The zero-order valence-corrected chi connectivity index (χ0v) is 11.5. The van der Waals surface area contributed by atoms with Gasteiger partial charge >= 0.3 is 0 Å². The normalized spacial score (nSPS) is 10.3. The third-order valence-electron chi connectivity index (χ3n) is 2.91. The van der Waals surface area contributed by atoms with Crippen molar-refractivity contribution in [2.24, 2.45) is 0 Å². The molecule has 18 heavy (non-hydrogen) atoms. The summed E-state index contributed by atoms with van der Waals surface area (Å²) in [7, 11) is 0. The molecule has 0 aromatic heterocycles. The fourth-order valence-electron chi connectivity index (χ4n) is 1.79. The van der Waals surface area contributed by atoms with Crippen molar-refractivity contribution in [2.45, 2.75) is 39.5 Å². The van der Waals surface area contributed by atoms with Gasteiger partial charge in [0.05, 0.1) is 6.54 Å². The molecule has 1 aromatic rings. The second kappa shape index (κ2) is 8.70. The van der Waals surface area contributed by atoms with E-state index in [2.05, 4.69) is 17.6 Å². The number of nitrogens with one attached hydrogen (secondary N) is 2. The molecular weight excluding hydrogens is 224 g/mol. The van der Waals surface area contributed by atoms with Gasteiger partial charge in [0, 0.05) is 5.69 Å². The summed E-state index contributed by atoms with van der Waals surface area (Å²) < 4.78 is 0. The molecule has 0 radical (unpaired) electrons. The number of amides is 1. The van der Waals surface area contributed by atoms with Crippen LogP contribution in [0.3, 0.4) is 0 Å². The van der Waals surface area contributed by atoms with Crippen LogP contribution in [0.5, 0.6) is 0 Å². The van der Waals surface area contributed by atoms with Gasteiger partial charge in [-0.1, -0.05) is 44.4 Å². The number of anilines is 1. The minimum Gasteiger partial charge on any atom is -0.325 e. The molecule has 3 nitrogen and oxygen atoms in total. The van der Waals surface area contributed by atoms with Crippen molar-refractivity contribution < 1.29 is 4.79 Å². The van der Waals surface area contributed by atoms with E-state index in [-0.39, 0.29) is 5.91 Å². The van der Waals surface area contributed by atoms with Crippen molar-refractivity contribution >= 4 is 11.6 Å². The summed E-state index contributed by atoms with van der Waals surface area (Å²) in [6.45, 7) is 5.50. The molecule has 3 heteroatoms. The van der Waals surface area contributed by atoms with Crippen LogP contribution < -0.4 is 10.6 Å². The first-order valence-corrected chi connectivity index (χ1v) is 6.80. The molecule has 0 saturated heterocycles. The SMILES string of the molecule is CCCCCCNCC(=O)Nc1ccccc1C. The van der Waals surface area contributed by atoms with Crippen molar-refractivity contribution in [3.63, 3.8) is 0 Å². The van der Waals surface area contributed by atoms with Gasteiger partial charge in [-0.25, -0.2) is 0 Å². The third kappa shape index (κ3) is 5.82. The molecule has 0 aliphatic heterocycles. The van der Waals surface area contributed by atoms with Crippen LogP contribution in [0.2, 0.25) is 0 Å². The zero-order valence-electron chi connectivity index (χ0n) is 11.5. The first-order chi connectivity index (χ1) is 8.74. The largest absolute Gasteiger partial charge is 0.325 e. The summed E-state index contributed by atoms with van der Waals surface area (Å²) in [5.74, 6) is 0.0276. The van der Waals surface area contributed by atoms with E-state index in [9.17, 15) is 4.79 Å². The Kier molecular flexibility index (Phi) is 7.11. The lowest BCUT2D eigenvalue weighted by atomic mass is 10.2. The maximum atomic E-state index is 11.7. The van der Waals surface area contributed by atoms with Crippen LogP contribution >= 0.6 is 0 Å². The van der Waals surface area contributed by atoms with Crippen LogP contribution in [0.25, 0.3) is 0 Å². The molecule has 0 aliphatic rings. The number of para-hydroxylation sites is 1. The highest BCUT2D eigenvalue weighted by atomic mass is 16.1. The van der Waals surface area contributed by atoms with Crippen LogP contribution in [0, 0.1) is 6.92 Å². The van der Waals surface area contributed by atoms with Crippen molar-refractivity contribution in [3.05, 3.63) is 29.8 Å². The van der Waals surface area contributed by atoms with E-state index in [0.717, 1.165) is 24.2 Å². The highest BCUT2D eigenvalue weighted by Gasteiger charge is 2.02. The molecule has 100 valence electrons. The van der Waals surface area contributed by atoms with Gasteiger partial charge in [0.15, 0.2) is 0 Å². The lowest BCUT2D eigenvalue weighted by molar-refractivity contribution is -0.115. The molecule has 0 bridgehead atoms. The molecular formula is C15H24N2O. The molecule has 1 amide bonds. The third-order valence-corrected chi connectivity index (χ3v) is 2.91. The molecule has 1 aromatic carbocycles. The number of hydrogen-bond acceptors (Lipinski definition) is 2. The summed E-state index contributed by atoms with van der Waals surface area (Å²) in [6, 6.07) is 7.82. The Hall–Kier alpha value is -1.35. The second-order valence-electron chi connectivity index (χ2n) is 4.60. The maximum absolute atomic E-state index is 11.7. The van der Waals surface area contributed by atoms with Gasteiger partial charge in [0.2, 0.25) is 5.91 Å². The van der Waals surface area contributed by atoms with Crippen LogP contribution in [-0.4, -0.2) is 19.0 Å². The monoisotopic (exact) mass is 248 g/mol. The standard InChI is InChI=1S/C15H24N2O/c1-3-4-5-8-11-16-12-15(18)17-14-10-7-6-9-13(14)2/h6-7,9-10,16H,3-5,8,11-12H2,1-2H3,(H,17,18). The van der Waals surface area contributed by atoms with E-state index < -0.39 is 0 Å². The fourth-order valence-corrected chi connectivity index (χ4v) is 1.79. The maximum Gasteiger partial charge on any atom is 0.238 e. The van der Waals surface area contributed by atoms with Gasteiger partial charge in [0.25, 0.3) is 0 Å². The molecule has 1 rings (SSSR count).